The fourth-order valence-electron chi connectivity index (χ4n) is 1.62. The summed E-state index contributed by atoms with van der Waals surface area (Å²) in [7, 11) is -4.18. The normalized spacial score (nSPS) is 11.1. The summed E-state index contributed by atoms with van der Waals surface area (Å²) >= 11 is 0. The third-order valence-electron chi connectivity index (χ3n) is 2.44. The maximum atomic E-state index is 11.0. The van der Waals surface area contributed by atoms with E-state index in [-0.39, 0.29) is 38.4 Å². The number of aliphatic hydroxyl groups is 1. The third-order valence-corrected chi connectivity index (χ3v) is 3.29. The van der Waals surface area contributed by atoms with Crippen LogP contribution in [0.1, 0.15) is 1.43 Å². The Hall–Kier alpha value is -1.03. The van der Waals surface area contributed by atoms with Gasteiger partial charge >= 0.3 is 18.9 Å². The Balaban J connectivity index is 0.00000180. The quantitative estimate of drug-likeness (QED) is 0.528. The fourth-order valence-corrected chi connectivity index (χ4v) is 2.13. The van der Waals surface area contributed by atoms with Gasteiger partial charge in [-0.3, -0.25) is 4.55 Å². The van der Waals surface area contributed by atoms with E-state index in [1.54, 1.807) is 24.3 Å². The first-order valence-electron chi connectivity index (χ1n) is 5.26. The van der Waals surface area contributed by atoms with Gasteiger partial charge in [-0.05, 0) is 35.0 Å². The topological polar surface area (TPSA) is 83.8 Å². The van der Waals surface area contributed by atoms with E-state index in [9.17, 15) is 8.42 Å². The second kappa shape index (κ2) is 6.42. The number of benzene rings is 2. The van der Waals surface area contributed by atoms with Crippen molar-refractivity contribution in [3.63, 3.8) is 0 Å². The van der Waals surface area contributed by atoms with Crippen molar-refractivity contribution >= 4 is 20.9 Å². The molecule has 2 aromatic carbocycles. The summed E-state index contributed by atoms with van der Waals surface area (Å²) in [5, 5.41) is 10.1. The zero-order valence-corrected chi connectivity index (χ0v) is 11.2. The van der Waals surface area contributed by atoms with Crippen molar-refractivity contribution in [2.75, 3.05) is 13.2 Å². The van der Waals surface area contributed by atoms with E-state index < -0.39 is 10.1 Å². The Bertz CT molecular complexity index is 675. The number of ether oxygens (including phenoxy) is 1. The largest absolute Gasteiger partial charge is 1.00 e. The molecule has 0 heterocycles. The molecule has 0 fully saturated rings. The van der Waals surface area contributed by atoms with E-state index in [1.807, 2.05) is 0 Å². The molecule has 98 valence electrons. The van der Waals surface area contributed by atoms with Crippen molar-refractivity contribution in [1.29, 1.82) is 0 Å². The first-order chi connectivity index (χ1) is 8.50. The van der Waals surface area contributed by atoms with Gasteiger partial charge in [0.25, 0.3) is 10.1 Å². The summed E-state index contributed by atoms with van der Waals surface area (Å²) in [6, 6.07) is 9.40. The van der Waals surface area contributed by atoms with Crippen molar-refractivity contribution in [3.05, 3.63) is 36.4 Å². The Kier molecular flexibility index (Phi) is 5.41. The van der Waals surface area contributed by atoms with Crippen LogP contribution in [0.25, 0.3) is 10.8 Å². The molecule has 0 aliphatic carbocycles. The van der Waals surface area contributed by atoms with Gasteiger partial charge in [0.1, 0.15) is 12.4 Å². The molecule has 0 saturated carbocycles. The van der Waals surface area contributed by atoms with Gasteiger partial charge in [-0.2, -0.15) is 8.42 Å². The number of rotatable bonds is 4. The molecule has 0 bridgehead atoms. The Morgan fingerprint density at radius 1 is 1.11 bits per heavy atom. The van der Waals surface area contributed by atoms with Gasteiger partial charge in [0.2, 0.25) is 0 Å². The molecule has 0 aromatic heterocycles. The van der Waals surface area contributed by atoms with Gasteiger partial charge in [0.15, 0.2) is 0 Å². The Morgan fingerprint density at radius 3 is 2.37 bits per heavy atom. The Labute approximate surface area is 124 Å². The van der Waals surface area contributed by atoms with Crippen LogP contribution in [-0.2, 0) is 10.1 Å². The van der Waals surface area contributed by atoms with Crippen molar-refractivity contribution in [3.8, 4) is 5.75 Å². The van der Waals surface area contributed by atoms with E-state index in [0.29, 0.717) is 11.1 Å². The summed E-state index contributed by atoms with van der Waals surface area (Å²) in [5.41, 5.74) is 0. The molecule has 0 aliphatic heterocycles. The molecule has 2 aromatic rings. The SMILES string of the molecule is O=S(=O)(O)c1ccc2cc(OCCO)ccc2c1.[H-].[Li+]. The second-order valence-electron chi connectivity index (χ2n) is 3.72. The van der Waals surface area contributed by atoms with Gasteiger partial charge in [0, 0.05) is 0 Å². The Morgan fingerprint density at radius 2 is 1.74 bits per heavy atom. The molecule has 0 unspecified atom stereocenters. The predicted octanol–water partition coefficient (Wildman–Crippen LogP) is -1.43. The first kappa shape index (κ1) is 16.0. The molecule has 0 radical (unpaired) electrons. The standard InChI is InChI=1S/C12H12O5S.Li.H/c13-5-6-17-11-3-1-10-8-12(18(14,15)16)4-2-9(10)7-11;;/h1-4,7-8,13H,5-6H2,(H,14,15,16);;/q;+1;-1. The van der Waals surface area contributed by atoms with Crippen LogP contribution in [-0.4, -0.2) is 31.3 Å². The average Bonchev–Trinajstić information content (AvgIpc) is 2.34. The number of hydrogen-bond donors (Lipinski definition) is 2. The van der Waals surface area contributed by atoms with Crippen LogP contribution in [0.5, 0.6) is 5.75 Å². The number of fused-ring (bicyclic) bond motifs is 1. The van der Waals surface area contributed by atoms with Crippen LogP contribution in [0.4, 0.5) is 0 Å². The van der Waals surface area contributed by atoms with Gasteiger partial charge in [0.05, 0.1) is 11.5 Å². The smallest absolute Gasteiger partial charge is 1.00 e. The summed E-state index contributed by atoms with van der Waals surface area (Å²) < 4.78 is 36.2. The summed E-state index contributed by atoms with van der Waals surface area (Å²) in [6.45, 7) is 0.133. The minimum atomic E-state index is -4.18. The average molecular weight is 276 g/mol. The van der Waals surface area contributed by atoms with Gasteiger partial charge in [-0.15, -0.1) is 0 Å². The van der Waals surface area contributed by atoms with Crippen LogP contribution in [0, 0.1) is 0 Å². The molecule has 0 atom stereocenters. The minimum Gasteiger partial charge on any atom is -1.00 e. The maximum Gasteiger partial charge on any atom is 1.00 e. The summed E-state index contributed by atoms with van der Waals surface area (Å²) in [4.78, 5) is -0.140. The van der Waals surface area contributed by atoms with Crippen molar-refractivity contribution in [2.45, 2.75) is 4.90 Å². The number of aliphatic hydroxyl groups excluding tert-OH is 1. The molecule has 0 spiro atoms. The van der Waals surface area contributed by atoms with E-state index in [1.165, 1.54) is 12.1 Å². The molecular formula is C12H13LiO5S. The van der Waals surface area contributed by atoms with Gasteiger partial charge < -0.3 is 11.3 Å². The zero-order chi connectivity index (χ0) is 13.2. The van der Waals surface area contributed by atoms with Crippen LogP contribution in [0.2, 0.25) is 0 Å². The van der Waals surface area contributed by atoms with Gasteiger partial charge in [-0.25, -0.2) is 0 Å². The van der Waals surface area contributed by atoms with Crippen molar-refractivity contribution < 1.29 is 43.1 Å². The maximum absolute atomic E-state index is 11.0. The zero-order valence-electron chi connectivity index (χ0n) is 11.4. The summed E-state index contributed by atoms with van der Waals surface area (Å²) in [5.74, 6) is 0.594. The van der Waals surface area contributed by atoms with Crippen LogP contribution in [0.15, 0.2) is 41.3 Å². The van der Waals surface area contributed by atoms with Crippen molar-refractivity contribution in [1.82, 2.24) is 0 Å². The molecule has 0 amide bonds. The molecule has 7 heteroatoms. The second-order valence-corrected chi connectivity index (χ2v) is 5.14. The van der Waals surface area contributed by atoms with Gasteiger partial charge in [-0.1, -0.05) is 12.1 Å². The molecule has 5 nitrogen and oxygen atoms in total. The third kappa shape index (κ3) is 3.96. The molecule has 0 aliphatic rings. The van der Waals surface area contributed by atoms with E-state index in [0.717, 1.165) is 5.39 Å². The van der Waals surface area contributed by atoms with Crippen LogP contribution < -0.4 is 23.6 Å². The fraction of sp³-hybridized carbons (Fsp3) is 0.167. The van der Waals surface area contributed by atoms with E-state index in [2.05, 4.69) is 0 Å². The minimum absolute atomic E-state index is 0. The van der Waals surface area contributed by atoms with E-state index >= 15 is 0 Å². The molecule has 0 saturated heterocycles. The molecule has 19 heavy (non-hydrogen) atoms. The van der Waals surface area contributed by atoms with Crippen LogP contribution in [0.3, 0.4) is 0 Å². The molecule has 2 N–H and O–H groups in total. The monoisotopic (exact) mass is 276 g/mol. The van der Waals surface area contributed by atoms with E-state index in [4.69, 9.17) is 14.4 Å². The van der Waals surface area contributed by atoms with Crippen molar-refractivity contribution in [2.24, 2.45) is 0 Å². The first-order valence-corrected chi connectivity index (χ1v) is 6.70. The van der Waals surface area contributed by atoms with Crippen LogP contribution >= 0.6 is 0 Å². The predicted molar refractivity (Wildman–Crippen MR) is 67.5 cm³/mol. The number of hydrogen-bond acceptors (Lipinski definition) is 4. The molecular weight excluding hydrogens is 263 g/mol. The summed E-state index contributed by atoms with van der Waals surface area (Å²) in [6.07, 6.45) is 0. The molecule has 2 rings (SSSR count).